The summed E-state index contributed by atoms with van der Waals surface area (Å²) in [4.78, 5) is 51.8. The van der Waals surface area contributed by atoms with Gasteiger partial charge in [-0.3, -0.25) is 19.2 Å². The van der Waals surface area contributed by atoms with Gasteiger partial charge in [0.15, 0.2) is 5.78 Å². The summed E-state index contributed by atoms with van der Waals surface area (Å²) in [5.74, 6) is -1.78. The van der Waals surface area contributed by atoms with E-state index in [0.29, 0.717) is 32.2 Å². The van der Waals surface area contributed by atoms with Gasteiger partial charge >= 0.3 is 0 Å². The van der Waals surface area contributed by atoms with Crippen molar-refractivity contribution in [1.29, 1.82) is 0 Å². The zero-order valence-electron chi connectivity index (χ0n) is 19.3. The fourth-order valence-corrected chi connectivity index (χ4v) is 4.13. The van der Waals surface area contributed by atoms with Gasteiger partial charge in [0.25, 0.3) is 0 Å². The van der Waals surface area contributed by atoms with E-state index in [9.17, 15) is 19.2 Å². The van der Waals surface area contributed by atoms with Crippen molar-refractivity contribution in [1.82, 2.24) is 10.2 Å². The van der Waals surface area contributed by atoms with Gasteiger partial charge in [0, 0.05) is 18.9 Å². The molecule has 1 fully saturated rings. The van der Waals surface area contributed by atoms with E-state index in [-0.39, 0.29) is 29.9 Å². The Labute approximate surface area is 190 Å². The van der Waals surface area contributed by atoms with Crippen LogP contribution in [0, 0.1) is 11.8 Å². The van der Waals surface area contributed by atoms with E-state index < -0.39 is 30.0 Å². The molecule has 1 aliphatic heterocycles. The monoisotopic (exact) mass is 444 g/mol. The maximum Gasteiger partial charge on any atom is 0.240 e. The second kappa shape index (κ2) is 11.8. The number of likely N-dealkylation sites (tertiary alicyclic amines) is 1. The Morgan fingerprint density at radius 1 is 1.12 bits per heavy atom. The van der Waals surface area contributed by atoms with Crippen LogP contribution in [0.15, 0.2) is 30.3 Å². The predicted molar refractivity (Wildman–Crippen MR) is 122 cm³/mol. The van der Waals surface area contributed by atoms with Crippen LogP contribution in [0.1, 0.15) is 52.0 Å². The van der Waals surface area contributed by atoms with Crippen LogP contribution in [0.5, 0.6) is 0 Å². The number of Topliss-reactive ketones (excluding diaryl/α,β-unsaturated/α-hetero) is 1. The summed E-state index contributed by atoms with van der Waals surface area (Å²) in [5, 5.41) is 2.80. The second-order valence-corrected chi connectivity index (χ2v) is 9.15. The maximum atomic E-state index is 13.2. The molecule has 0 bridgehead atoms. The Morgan fingerprint density at radius 2 is 1.78 bits per heavy atom. The third kappa shape index (κ3) is 7.15. The first-order valence-electron chi connectivity index (χ1n) is 11.3. The SMILES string of the molecule is CC(C)C[C@H](N)C(=O)N[C@@H](Cc1ccccc1)C(=O)C[C@@H](C)C(=O)N1CCC[C@H]1C(N)=O. The first kappa shape index (κ1) is 25.5. The Morgan fingerprint density at radius 3 is 2.38 bits per heavy atom. The van der Waals surface area contributed by atoms with Crippen molar-refractivity contribution >= 4 is 23.5 Å². The van der Waals surface area contributed by atoms with Crippen molar-refractivity contribution in [3.8, 4) is 0 Å². The minimum Gasteiger partial charge on any atom is -0.368 e. The molecule has 8 nitrogen and oxygen atoms in total. The number of hydrogen-bond donors (Lipinski definition) is 3. The number of rotatable bonds is 11. The topological polar surface area (TPSA) is 136 Å². The van der Waals surface area contributed by atoms with Gasteiger partial charge < -0.3 is 21.7 Å². The molecule has 0 unspecified atom stereocenters. The van der Waals surface area contributed by atoms with E-state index in [0.717, 1.165) is 5.56 Å². The summed E-state index contributed by atoms with van der Waals surface area (Å²) in [6.45, 7) is 6.08. The van der Waals surface area contributed by atoms with Crippen LogP contribution in [0.3, 0.4) is 0 Å². The van der Waals surface area contributed by atoms with E-state index in [1.165, 1.54) is 4.90 Å². The van der Waals surface area contributed by atoms with E-state index >= 15 is 0 Å². The smallest absolute Gasteiger partial charge is 0.240 e. The number of nitrogens with zero attached hydrogens (tertiary/aromatic N) is 1. The Bertz CT molecular complexity index is 811. The fourth-order valence-electron chi connectivity index (χ4n) is 4.13. The molecule has 0 radical (unpaired) electrons. The minimum absolute atomic E-state index is 0.0436. The number of ketones is 1. The van der Waals surface area contributed by atoms with E-state index in [1.54, 1.807) is 6.92 Å². The van der Waals surface area contributed by atoms with Gasteiger partial charge in [-0.15, -0.1) is 0 Å². The van der Waals surface area contributed by atoms with Crippen LogP contribution in [0.4, 0.5) is 0 Å². The second-order valence-electron chi connectivity index (χ2n) is 9.15. The molecular weight excluding hydrogens is 408 g/mol. The van der Waals surface area contributed by atoms with Crippen LogP contribution in [-0.4, -0.2) is 53.1 Å². The Hall–Kier alpha value is -2.74. The highest BCUT2D eigenvalue weighted by Crippen LogP contribution is 2.21. The highest BCUT2D eigenvalue weighted by molar-refractivity contribution is 5.94. The summed E-state index contributed by atoms with van der Waals surface area (Å²) in [5.41, 5.74) is 12.3. The summed E-state index contributed by atoms with van der Waals surface area (Å²) < 4.78 is 0. The lowest BCUT2D eigenvalue weighted by atomic mass is 9.94. The van der Waals surface area contributed by atoms with Crippen LogP contribution >= 0.6 is 0 Å². The van der Waals surface area contributed by atoms with E-state index in [4.69, 9.17) is 11.5 Å². The molecule has 3 amide bonds. The number of benzene rings is 1. The van der Waals surface area contributed by atoms with Gasteiger partial charge in [-0.2, -0.15) is 0 Å². The zero-order valence-corrected chi connectivity index (χ0v) is 19.3. The first-order valence-corrected chi connectivity index (χ1v) is 11.3. The van der Waals surface area contributed by atoms with E-state index in [2.05, 4.69) is 5.32 Å². The molecule has 1 saturated heterocycles. The molecule has 0 spiro atoms. The number of hydrogen-bond acceptors (Lipinski definition) is 5. The van der Waals surface area contributed by atoms with Crippen molar-refractivity contribution in [3.05, 3.63) is 35.9 Å². The van der Waals surface area contributed by atoms with Gasteiger partial charge in [0.1, 0.15) is 6.04 Å². The highest BCUT2D eigenvalue weighted by atomic mass is 16.2. The van der Waals surface area contributed by atoms with Crippen LogP contribution < -0.4 is 16.8 Å². The molecule has 0 aliphatic carbocycles. The number of nitrogens with two attached hydrogens (primary N) is 2. The average Bonchev–Trinajstić information content (AvgIpc) is 3.23. The molecule has 1 aromatic carbocycles. The van der Waals surface area contributed by atoms with Gasteiger partial charge in [-0.1, -0.05) is 51.1 Å². The molecule has 4 atom stereocenters. The van der Waals surface area contributed by atoms with Gasteiger partial charge in [0.05, 0.1) is 12.1 Å². The predicted octanol–water partition coefficient (Wildman–Crippen LogP) is 1.16. The molecule has 8 heteroatoms. The molecule has 1 aromatic rings. The van der Waals surface area contributed by atoms with Crippen LogP contribution in [0.25, 0.3) is 0 Å². The number of amides is 3. The molecule has 176 valence electrons. The zero-order chi connectivity index (χ0) is 23.8. The first-order chi connectivity index (χ1) is 15.1. The van der Waals surface area contributed by atoms with Gasteiger partial charge in [-0.25, -0.2) is 0 Å². The van der Waals surface area contributed by atoms with Crippen molar-refractivity contribution in [3.63, 3.8) is 0 Å². The molecular formula is C24H36N4O4. The van der Waals surface area contributed by atoms with Crippen molar-refractivity contribution in [2.24, 2.45) is 23.3 Å². The van der Waals surface area contributed by atoms with Gasteiger partial charge in [0.2, 0.25) is 17.7 Å². The lowest BCUT2D eigenvalue weighted by Gasteiger charge is -2.26. The maximum absolute atomic E-state index is 13.2. The summed E-state index contributed by atoms with van der Waals surface area (Å²) in [6.07, 6.45) is 2.03. The molecule has 0 aromatic heterocycles. The highest BCUT2D eigenvalue weighted by Gasteiger charge is 2.36. The molecule has 1 aliphatic rings. The minimum atomic E-state index is -0.788. The van der Waals surface area contributed by atoms with Crippen molar-refractivity contribution < 1.29 is 19.2 Å². The molecule has 32 heavy (non-hydrogen) atoms. The van der Waals surface area contributed by atoms with Crippen LogP contribution in [-0.2, 0) is 25.6 Å². The standard InChI is InChI=1S/C24H36N4O4/c1-15(2)12-18(25)23(31)27-19(14-17-8-5-4-6-9-17)21(29)13-16(3)24(32)28-11-7-10-20(28)22(26)30/h4-6,8-9,15-16,18-20H,7,10-14,25H2,1-3H3,(H2,26,30)(H,27,31)/t16-,18+,19+,20+/m1/s1. The fraction of sp³-hybridized carbons (Fsp3) is 0.583. The Balaban J connectivity index is 2.09. The quantitative estimate of drug-likeness (QED) is 0.471. The van der Waals surface area contributed by atoms with Gasteiger partial charge in [-0.05, 0) is 37.2 Å². The molecule has 5 N–H and O–H groups in total. The third-order valence-electron chi connectivity index (χ3n) is 5.84. The lowest BCUT2D eigenvalue weighted by Crippen LogP contribution is -2.50. The normalized spacial score (nSPS) is 18.8. The number of carbonyl (C=O) groups is 4. The molecule has 0 saturated carbocycles. The summed E-state index contributed by atoms with van der Waals surface area (Å²) >= 11 is 0. The number of nitrogens with one attached hydrogen (secondary N) is 1. The number of carbonyl (C=O) groups excluding carboxylic acids is 4. The Kier molecular flexibility index (Phi) is 9.38. The average molecular weight is 445 g/mol. The van der Waals surface area contributed by atoms with Crippen LogP contribution in [0.2, 0.25) is 0 Å². The summed E-state index contributed by atoms with van der Waals surface area (Å²) in [6, 6.07) is 7.27. The van der Waals surface area contributed by atoms with Crippen molar-refractivity contribution in [2.75, 3.05) is 6.54 Å². The molecule has 2 rings (SSSR count). The third-order valence-corrected chi connectivity index (χ3v) is 5.84. The van der Waals surface area contributed by atoms with E-state index in [1.807, 2.05) is 44.2 Å². The number of primary amides is 1. The lowest BCUT2D eigenvalue weighted by molar-refractivity contribution is -0.142. The molecule has 1 heterocycles. The van der Waals surface area contributed by atoms with Crippen molar-refractivity contribution in [2.45, 2.75) is 71.0 Å². The largest absolute Gasteiger partial charge is 0.368 e. The summed E-state index contributed by atoms with van der Waals surface area (Å²) in [7, 11) is 0.